The molecule has 188 valence electrons. The Kier molecular flexibility index (Phi) is 13.9. The van der Waals surface area contributed by atoms with Crippen LogP contribution in [-0.4, -0.2) is 11.1 Å². The number of halogens is 10. The van der Waals surface area contributed by atoms with Gasteiger partial charge in [0.05, 0.1) is 12.3 Å². The van der Waals surface area contributed by atoms with E-state index in [4.69, 9.17) is 21.4 Å². The van der Waals surface area contributed by atoms with Crippen molar-refractivity contribution in [3.05, 3.63) is 113 Å². The summed E-state index contributed by atoms with van der Waals surface area (Å²) in [5.41, 5.74) is -0.406. The Balaban J connectivity index is 0.000000485. The first-order chi connectivity index (χ1) is 16.3. The minimum absolute atomic E-state index is 0.0365. The van der Waals surface area contributed by atoms with E-state index in [1.807, 2.05) is 0 Å². The quantitative estimate of drug-likeness (QED) is 0.136. The molecule has 1 N–H and O–H groups in total. The zero-order chi connectivity index (χ0) is 27.3. The van der Waals surface area contributed by atoms with Crippen LogP contribution in [0.3, 0.4) is 0 Å². The fraction of sp³-hybridized carbons (Fsp3) is 0.0909. The molecule has 0 aliphatic rings. The third-order valence-corrected chi connectivity index (χ3v) is 3.83. The second-order valence-corrected chi connectivity index (χ2v) is 6.25. The molecular weight excluding hydrogens is 519 g/mol. The van der Waals surface area contributed by atoms with Crippen molar-refractivity contribution in [1.29, 1.82) is 0 Å². The minimum atomic E-state index is -1.33. The molecule has 0 saturated carbocycles. The predicted molar refractivity (Wildman–Crippen MR) is 104 cm³/mol. The molecular formula is C22H12ClF9O3. The van der Waals surface area contributed by atoms with Crippen LogP contribution in [0.5, 0.6) is 0 Å². The third-order valence-electron chi connectivity index (χ3n) is 3.55. The molecule has 0 heterocycles. The van der Waals surface area contributed by atoms with Gasteiger partial charge < -0.3 is 5.11 Å². The summed E-state index contributed by atoms with van der Waals surface area (Å²) in [4.78, 5) is 10.1. The zero-order valence-electron chi connectivity index (χ0n) is 17.0. The second kappa shape index (κ2) is 15.4. The fourth-order valence-electron chi connectivity index (χ4n) is 2.00. The van der Waals surface area contributed by atoms with Crippen LogP contribution < -0.4 is 0 Å². The SMILES string of the molecule is Fc1cc(F)c(CCl)cc1F.Fc1ccc(F)c(F)c1.O=C(O)Cc1cc(F)c(F)cc1F.[C-]#[O+]. The molecule has 0 aliphatic heterocycles. The molecule has 3 aromatic rings. The van der Waals surface area contributed by atoms with Gasteiger partial charge in [-0.1, -0.05) is 0 Å². The predicted octanol–water partition coefficient (Wildman–Crippen LogP) is 6.64. The van der Waals surface area contributed by atoms with Crippen molar-refractivity contribution in [2.24, 2.45) is 0 Å². The average molecular weight is 531 g/mol. The molecule has 3 nitrogen and oxygen atoms in total. The van der Waals surface area contributed by atoms with E-state index in [9.17, 15) is 44.3 Å². The zero-order valence-corrected chi connectivity index (χ0v) is 17.8. The Labute approximate surface area is 197 Å². The molecule has 0 atom stereocenters. The van der Waals surface area contributed by atoms with Gasteiger partial charge in [0.1, 0.15) is 17.5 Å². The number of benzene rings is 3. The van der Waals surface area contributed by atoms with Gasteiger partial charge in [-0.05, 0) is 24.3 Å². The molecule has 0 radical (unpaired) electrons. The Morgan fingerprint density at radius 2 is 1.06 bits per heavy atom. The van der Waals surface area contributed by atoms with E-state index in [0.29, 0.717) is 24.3 Å². The number of aliphatic carboxylic acids is 1. The van der Waals surface area contributed by atoms with Crippen molar-refractivity contribution in [2.45, 2.75) is 12.3 Å². The van der Waals surface area contributed by atoms with E-state index in [0.717, 1.165) is 18.2 Å². The third kappa shape index (κ3) is 11.0. The van der Waals surface area contributed by atoms with Gasteiger partial charge in [-0.25, -0.2) is 39.5 Å². The van der Waals surface area contributed by atoms with Crippen LogP contribution >= 0.6 is 11.6 Å². The Morgan fingerprint density at radius 3 is 1.46 bits per heavy atom. The summed E-state index contributed by atoms with van der Waals surface area (Å²) in [6.45, 7) is 4.50. The van der Waals surface area contributed by atoms with Gasteiger partial charge in [0, 0.05) is 29.3 Å². The van der Waals surface area contributed by atoms with Crippen LogP contribution in [0.4, 0.5) is 39.5 Å². The summed E-state index contributed by atoms with van der Waals surface area (Å²) in [5, 5.41) is 8.27. The number of hydrogen-bond acceptors (Lipinski definition) is 1. The van der Waals surface area contributed by atoms with Gasteiger partial charge in [-0.15, -0.1) is 11.6 Å². The molecule has 0 amide bonds. The van der Waals surface area contributed by atoms with E-state index in [1.54, 1.807) is 0 Å². The molecule has 0 bridgehead atoms. The first kappa shape index (κ1) is 31.5. The summed E-state index contributed by atoms with van der Waals surface area (Å²) in [6, 6.07) is 4.19. The molecule has 0 spiro atoms. The van der Waals surface area contributed by atoms with Crippen LogP contribution in [-0.2, 0) is 21.7 Å². The van der Waals surface area contributed by atoms with E-state index < -0.39 is 64.7 Å². The van der Waals surface area contributed by atoms with E-state index in [2.05, 4.69) is 6.65 Å². The number of carboxylic acid groups (broad SMARTS) is 1. The van der Waals surface area contributed by atoms with E-state index in [-0.39, 0.29) is 17.0 Å². The van der Waals surface area contributed by atoms with Crippen molar-refractivity contribution < 1.29 is 54.1 Å². The molecule has 3 rings (SSSR count). The number of hydrogen-bond donors (Lipinski definition) is 1. The van der Waals surface area contributed by atoms with Gasteiger partial charge in [0.15, 0.2) is 34.9 Å². The summed E-state index contributed by atoms with van der Waals surface area (Å²) < 4.78 is 118. The maximum absolute atomic E-state index is 12.7. The second-order valence-electron chi connectivity index (χ2n) is 5.98. The van der Waals surface area contributed by atoms with Gasteiger partial charge in [-0.3, -0.25) is 4.79 Å². The van der Waals surface area contributed by atoms with Crippen molar-refractivity contribution in [2.75, 3.05) is 0 Å². The first-order valence-electron chi connectivity index (χ1n) is 8.71. The summed E-state index contributed by atoms with van der Waals surface area (Å²) >= 11 is 5.23. The van der Waals surface area contributed by atoms with Crippen molar-refractivity contribution in [3.63, 3.8) is 0 Å². The van der Waals surface area contributed by atoms with Gasteiger partial charge in [0.2, 0.25) is 0 Å². The van der Waals surface area contributed by atoms with Crippen LogP contribution in [0, 0.1) is 59.0 Å². The van der Waals surface area contributed by atoms with Crippen molar-refractivity contribution in [1.82, 2.24) is 0 Å². The van der Waals surface area contributed by atoms with Crippen molar-refractivity contribution in [3.8, 4) is 0 Å². The fourth-order valence-corrected chi connectivity index (χ4v) is 2.20. The van der Waals surface area contributed by atoms with Gasteiger partial charge >= 0.3 is 17.3 Å². The van der Waals surface area contributed by atoms with E-state index in [1.165, 1.54) is 0 Å². The summed E-state index contributed by atoms with van der Waals surface area (Å²) in [5.74, 6) is -11.2. The van der Waals surface area contributed by atoms with Crippen LogP contribution in [0.1, 0.15) is 11.1 Å². The standard InChI is InChI=1S/C8H5F3O2.C7H4ClF3.C6H3F3.CO/c9-5-3-7(11)6(10)1-4(5)2-8(12)13;8-3-4-1-6(10)7(11)2-5(4)9;7-4-1-2-5(8)6(9)3-4;1-2/h1,3H,2H2,(H,12,13);1-2H,3H2;1-3H;. The average Bonchev–Trinajstić information content (AvgIpc) is 2.79. The number of rotatable bonds is 3. The van der Waals surface area contributed by atoms with Crippen LogP contribution in [0.2, 0.25) is 0 Å². The molecule has 3 aromatic carbocycles. The molecule has 0 aromatic heterocycles. The van der Waals surface area contributed by atoms with E-state index >= 15 is 0 Å². The Morgan fingerprint density at radius 1 is 0.657 bits per heavy atom. The maximum atomic E-state index is 12.7. The summed E-state index contributed by atoms with van der Waals surface area (Å²) in [6.07, 6.45) is -0.664. The van der Waals surface area contributed by atoms with Gasteiger partial charge in [-0.2, -0.15) is 0 Å². The monoisotopic (exact) mass is 530 g/mol. The Hall–Kier alpha value is -3.47. The summed E-state index contributed by atoms with van der Waals surface area (Å²) in [7, 11) is 0. The topological polar surface area (TPSA) is 57.2 Å². The first-order valence-corrected chi connectivity index (χ1v) is 9.24. The number of carbonyl (C=O) groups is 1. The molecule has 35 heavy (non-hydrogen) atoms. The molecule has 0 unspecified atom stereocenters. The molecule has 13 heteroatoms. The molecule has 0 fully saturated rings. The van der Waals surface area contributed by atoms with Gasteiger partial charge in [0.25, 0.3) is 0 Å². The number of carboxylic acids is 1. The Bertz CT molecular complexity index is 1170. The molecule has 0 saturated heterocycles. The van der Waals surface area contributed by atoms with Crippen LogP contribution in [0.15, 0.2) is 42.5 Å². The molecule has 0 aliphatic carbocycles. The normalized spacial score (nSPS) is 9.49. The van der Waals surface area contributed by atoms with Crippen molar-refractivity contribution >= 4 is 17.6 Å². The van der Waals surface area contributed by atoms with Crippen LogP contribution in [0.25, 0.3) is 0 Å². The number of alkyl halides is 1.